The molecule has 0 aromatic heterocycles. The lowest BCUT2D eigenvalue weighted by Gasteiger charge is -2.31. The lowest BCUT2D eigenvalue weighted by molar-refractivity contribution is 0.131. The second-order valence-electron chi connectivity index (χ2n) is 5.09. The van der Waals surface area contributed by atoms with Crippen molar-refractivity contribution in [2.24, 2.45) is 11.8 Å². The van der Waals surface area contributed by atoms with E-state index in [9.17, 15) is 5.11 Å². The Bertz CT molecular complexity index is 180. The largest absolute Gasteiger partial charge is 0.396 e. The summed E-state index contributed by atoms with van der Waals surface area (Å²) in [6.07, 6.45) is 6.46. The molecule has 88 valence electrons. The van der Waals surface area contributed by atoms with Crippen molar-refractivity contribution in [3.63, 3.8) is 0 Å². The molecule has 2 aliphatic rings. The third-order valence-electron chi connectivity index (χ3n) is 4.03. The number of aliphatic hydroxyl groups excluding tert-OH is 1. The van der Waals surface area contributed by atoms with Crippen molar-refractivity contribution >= 4 is 0 Å². The zero-order valence-electron chi connectivity index (χ0n) is 9.54. The van der Waals surface area contributed by atoms with Gasteiger partial charge < -0.3 is 15.7 Å². The summed E-state index contributed by atoms with van der Waals surface area (Å²) in [6, 6.07) is 0.672. The van der Waals surface area contributed by atoms with Crippen molar-refractivity contribution in [1.29, 1.82) is 0 Å². The monoisotopic (exact) mass is 212 g/mol. The first-order valence-electron chi connectivity index (χ1n) is 6.45. The number of rotatable bonds is 4. The van der Waals surface area contributed by atoms with Crippen molar-refractivity contribution in [2.75, 3.05) is 26.2 Å². The lowest BCUT2D eigenvalue weighted by Crippen LogP contribution is -2.38. The van der Waals surface area contributed by atoms with Crippen LogP contribution in [0.3, 0.4) is 0 Å². The molecule has 0 bridgehead atoms. The SMILES string of the molecule is OCC1CCCCC1CNC1CCNC1. The highest BCUT2D eigenvalue weighted by Gasteiger charge is 2.25. The van der Waals surface area contributed by atoms with E-state index in [2.05, 4.69) is 10.6 Å². The average Bonchev–Trinajstić information content (AvgIpc) is 2.79. The van der Waals surface area contributed by atoms with Crippen LogP contribution in [0.15, 0.2) is 0 Å². The van der Waals surface area contributed by atoms with Gasteiger partial charge in [0.1, 0.15) is 0 Å². The van der Waals surface area contributed by atoms with Crippen LogP contribution in [-0.2, 0) is 0 Å². The molecule has 1 aliphatic carbocycles. The normalized spacial score (nSPS) is 37.0. The van der Waals surface area contributed by atoms with E-state index in [1.807, 2.05) is 0 Å². The third-order valence-corrected chi connectivity index (χ3v) is 4.03. The lowest BCUT2D eigenvalue weighted by atomic mass is 9.79. The zero-order chi connectivity index (χ0) is 10.5. The smallest absolute Gasteiger partial charge is 0.0462 e. The van der Waals surface area contributed by atoms with Crippen LogP contribution < -0.4 is 10.6 Å². The molecular formula is C12H24N2O. The first-order valence-corrected chi connectivity index (χ1v) is 6.45. The van der Waals surface area contributed by atoms with Crippen molar-refractivity contribution in [3.8, 4) is 0 Å². The second-order valence-corrected chi connectivity index (χ2v) is 5.09. The fourth-order valence-electron chi connectivity index (χ4n) is 2.94. The molecule has 0 aromatic rings. The van der Waals surface area contributed by atoms with E-state index in [0.717, 1.165) is 19.6 Å². The van der Waals surface area contributed by atoms with Gasteiger partial charge in [0.15, 0.2) is 0 Å². The molecule has 3 atom stereocenters. The molecule has 0 aromatic carbocycles. The van der Waals surface area contributed by atoms with Crippen LogP contribution in [0, 0.1) is 11.8 Å². The zero-order valence-corrected chi connectivity index (χ0v) is 9.54. The second kappa shape index (κ2) is 5.83. The van der Waals surface area contributed by atoms with E-state index in [-0.39, 0.29) is 0 Å². The van der Waals surface area contributed by atoms with E-state index in [4.69, 9.17) is 0 Å². The highest BCUT2D eigenvalue weighted by Crippen LogP contribution is 2.29. The van der Waals surface area contributed by atoms with Gasteiger partial charge in [-0.15, -0.1) is 0 Å². The summed E-state index contributed by atoms with van der Waals surface area (Å²) >= 11 is 0. The molecule has 3 unspecified atom stereocenters. The molecule has 15 heavy (non-hydrogen) atoms. The molecule has 1 saturated carbocycles. The van der Waals surface area contributed by atoms with Gasteiger partial charge >= 0.3 is 0 Å². The molecule has 1 aliphatic heterocycles. The molecule has 2 rings (SSSR count). The van der Waals surface area contributed by atoms with E-state index in [0.29, 0.717) is 24.5 Å². The Balaban J connectivity index is 1.71. The van der Waals surface area contributed by atoms with Crippen molar-refractivity contribution in [1.82, 2.24) is 10.6 Å². The summed E-state index contributed by atoms with van der Waals surface area (Å²) in [5, 5.41) is 16.3. The highest BCUT2D eigenvalue weighted by molar-refractivity contribution is 4.82. The quantitative estimate of drug-likeness (QED) is 0.644. The summed E-state index contributed by atoms with van der Waals surface area (Å²) in [6.45, 7) is 3.77. The van der Waals surface area contributed by atoms with Crippen LogP contribution in [-0.4, -0.2) is 37.4 Å². The fourth-order valence-corrected chi connectivity index (χ4v) is 2.94. The van der Waals surface area contributed by atoms with Crippen molar-refractivity contribution in [3.05, 3.63) is 0 Å². The van der Waals surface area contributed by atoms with Gasteiger partial charge in [0.25, 0.3) is 0 Å². The van der Waals surface area contributed by atoms with Crippen LogP contribution in [0.4, 0.5) is 0 Å². The van der Waals surface area contributed by atoms with Gasteiger partial charge in [0.05, 0.1) is 0 Å². The minimum Gasteiger partial charge on any atom is -0.396 e. The Morgan fingerprint density at radius 1 is 1.13 bits per heavy atom. The molecule has 1 heterocycles. The molecule has 2 fully saturated rings. The fraction of sp³-hybridized carbons (Fsp3) is 1.00. The third kappa shape index (κ3) is 3.16. The number of hydrogen-bond acceptors (Lipinski definition) is 3. The van der Waals surface area contributed by atoms with Crippen LogP contribution in [0.1, 0.15) is 32.1 Å². The summed E-state index contributed by atoms with van der Waals surface area (Å²) in [5.41, 5.74) is 0. The molecule has 0 spiro atoms. The van der Waals surface area contributed by atoms with Gasteiger partial charge in [-0.3, -0.25) is 0 Å². The molecular weight excluding hydrogens is 188 g/mol. The van der Waals surface area contributed by atoms with E-state index in [1.54, 1.807) is 0 Å². The summed E-state index contributed by atoms with van der Waals surface area (Å²) in [4.78, 5) is 0. The average molecular weight is 212 g/mol. The van der Waals surface area contributed by atoms with Gasteiger partial charge in [-0.25, -0.2) is 0 Å². The molecule has 3 heteroatoms. The van der Waals surface area contributed by atoms with Gasteiger partial charge in [0, 0.05) is 19.2 Å². The summed E-state index contributed by atoms with van der Waals surface area (Å²) < 4.78 is 0. The van der Waals surface area contributed by atoms with Gasteiger partial charge in [0.2, 0.25) is 0 Å². The van der Waals surface area contributed by atoms with Crippen LogP contribution in [0.5, 0.6) is 0 Å². The Hall–Kier alpha value is -0.120. The van der Waals surface area contributed by atoms with Crippen molar-refractivity contribution in [2.45, 2.75) is 38.1 Å². The summed E-state index contributed by atoms with van der Waals surface area (Å²) in [7, 11) is 0. The Kier molecular flexibility index (Phi) is 4.42. The van der Waals surface area contributed by atoms with E-state index < -0.39 is 0 Å². The minimum atomic E-state index is 0.384. The predicted octanol–water partition coefficient (Wildman–Crippen LogP) is 0.737. The van der Waals surface area contributed by atoms with Gasteiger partial charge in [-0.2, -0.15) is 0 Å². The number of nitrogens with one attached hydrogen (secondary N) is 2. The predicted molar refractivity (Wildman–Crippen MR) is 61.8 cm³/mol. The van der Waals surface area contributed by atoms with Gasteiger partial charge in [-0.1, -0.05) is 12.8 Å². The highest BCUT2D eigenvalue weighted by atomic mass is 16.3. The first-order chi connectivity index (χ1) is 7.40. The molecule has 3 N–H and O–H groups in total. The Labute approximate surface area is 92.6 Å². The molecule has 3 nitrogen and oxygen atoms in total. The molecule has 1 saturated heterocycles. The van der Waals surface area contributed by atoms with Crippen LogP contribution in [0.2, 0.25) is 0 Å². The van der Waals surface area contributed by atoms with E-state index >= 15 is 0 Å². The maximum absolute atomic E-state index is 9.31. The number of hydrogen-bond donors (Lipinski definition) is 3. The maximum Gasteiger partial charge on any atom is 0.0462 e. The van der Waals surface area contributed by atoms with Gasteiger partial charge in [-0.05, 0) is 44.2 Å². The Morgan fingerprint density at radius 3 is 2.60 bits per heavy atom. The summed E-state index contributed by atoms with van der Waals surface area (Å²) in [5.74, 6) is 1.27. The van der Waals surface area contributed by atoms with Crippen LogP contribution >= 0.6 is 0 Å². The molecule has 0 radical (unpaired) electrons. The van der Waals surface area contributed by atoms with E-state index in [1.165, 1.54) is 32.1 Å². The first kappa shape index (κ1) is 11.4. The maximum atomic E-state index is 9.31. The standard InChI is InChI=1S/C12H24N2O/c15-9-11-4-2-1-3-10(11)7-14-12-5-6-13-8-12/h10-15H,1-9H2. The minimum absolute atomic E-state index is 0.384. The van der Waals surface area contributed by atoms with Crippen LogP contribution in [0.25, 0.3) is 0 Å². The Morgan fingerprint density at radius 2 is 1.93 bits per heavy atom. The topological polar surface area (TPSA) is 44.3 Å². The molecule has 0 amide bonds. The number of aliphatic hydroxyl groups is 1. The van der Waals surface area contributed by atoms with Crippen molar-refractivity contribution < 1.29 is 5.11 Å².